The molecule has 0 radical (unpaired) electrons. The Morgan fingerprint density at radius 3 is 2.00 bits per heavy atom. The van der Waals surface area contributed by atoms with Crippen LogP contribution in [0.2, 0.25) is 0 Å². The average Bonchev–Trinajstić information content (AvgIpc) is 3.11. The van der Waals surface area contributed by atoms with Gasteiger partial charge in [0.1, 0.15) is 5.76 Å². The van der Waals surface area contributed by atoms with Gasteiger partial charge in [-0.2, -0.15) is 0 Å². The highest BCUT2D eigenvalue weighted by Crippen LogP contribution is 2.46. The minimum Gasteiger partial charge on any atom is -0.456 e. The van der Waals surface area contributed by atoms with Gasteiger partial charge in [-0.15, -0.1) is 0 Å². The van der Waals surface area contributed by atoms with Crippen LogP contribution in [0.15, 0.2) is 59.0 Å². The molecule has 3 aromatic rings. The van der Waals surface area contributed by atoms with Crippen molar-refractivity contribution >= 4 is 5.91 Å². The maximum absolute atomic E-state index is 12.9. The molecule has 1 heterocycles. The first kappa shape index (κ1) is 14.8. The number of hydrogen-bond donors (Lipinski definition) is 0. The van der Waals surface area contributed by atoms with E-state index < -0.39 is 0 Å². The topological polar surface area (TPSA) is 33.5 Å². The van der Waals surface area contributed by atoms with Gasteiger partial charge in [-0.1, -0.05) is 48.5 Å². The van der Waals surface area contributed by atoms with Crippen molar-refractivity contribution < 1.29 is 9.21 Å². The van der Waals surface area contributed by atoms with Crippen LogP contribution in [0.25, 0.3) is 11.1 Å². The van der Waals surface area contributed by atoms with E-state index in [9.17, 15) is 4.79 Å². The van der Waals surface area contributed by atoms with Gasteiger partial charge in [-0.3, -0.25) is 4.79 Å². The number of amides is 1. The fourth-order valence-corrected chi connectivity index (χ4v) is 3.52. The van der Waals surface area contributed by atoms with Crippen LogP contribution in [0.4, 0.5) is 0 Å². The highest BCUT2D eigenvalue weighted by atomic mass is 16.4. The molecule has 1 aliphatic carbocycles. The van der Waals surface area contributed by atoms with Crippen LogP contribution >= 0.6 is 0 Å². The van der Waals surface area contributed by atoms with E-state index in [4.69, 9.17) is 4.42 Å². The minimum atomic E-state index is -0.0947. The van der Waals surface area contributed by atoms with Crippen molar-refractivity contribution in [2.45, 2.75) is 19.9 Å². The molecule has 24 heavy (non-hydrogen) atoms. The Hall–Kier alpha value is -2.81. The molecule has 0 aliphatic heterocycles. The van der Waals surface area contributed by atoms with Crippen molar-refractivity contribution in [1.29, 1.82) is 0 Å². The Bertz CT molecular complexity index is 874. The van der Waals surface area contributed by atoms with Crippen LogP contribution in [0, 0.1) is 13.8 Å². The number of benzene rings is 2. The number of carbonyl (C=O) groups excluding carboxylic acids is 1. The van der Waals surface area contributed by atoms with Gasteiger partial charge >= 0.3 is 0 Å². The molecule has 0 spiro atoms. The summed E-state index contributed by atoms with van der Waals surface area (Å²) in [6, 6.07) is 18.3. The van der Waals surface area contributed by atoms with Gasteiger partial charge in [-0.05, 0) is 47.7 Å². The number of nitrogens with zero attached hydrogens (tertiary/aromatic N) is 1. The fraction of sp³-hybridized carbons (Fsp3) is 0.190. The summed E-state index contributed by atoms with van der Waals surface area (Å²) in [7, 11) is 1.85. The van der Waals surface area contributed by atoms with Crippen LogP contribution < -0.4 is 0 Å². The lowest BCUT2D eigenvalue weighted by molar-refractivity contribution is 0.0724. The van der Waals surface area contributed by atoms with Gasteiger partial charge in [0, 0.05) is 7.05 Å². The Morgan fingerprint density at radius 2 is 1.50 bits per heavy atom. The molecule has 1 aliphatic rings. The molecule has 2 aromatic carbocycles. The second-order valence-electron chi connectivity index (χ2n) is 6.34. The zero-order chi connectivity index (χ0) is 16.8. The quantitative estimate of drug-likeness (QED) is 0.684. The molecule has 0 unspecified atom stereocenters. The highest BCUT2D eigenvalue weighted by Gasteiger charge is 2.34. The van der Waals surface area contributed by atoms with Gasteiger partial charge in [0.15, 0.2) is 5.76 Å². The number of aryl methyl sites for hydroxylation is 2. The van der Waals surface area contributed by atoms with E-state index >= 15 is 0 Å². The Labute approximate surface area is 141 Å². The number of furan rings is 1. The molecule has 120 valence electrons. The summed E-state index contributed by atoms with van der Waals surface area (Å²) in [5.74, 6) is 1.09. The van der Waals surface area contributed by atoms with E-state index in [0.717, 1.165) is 22.5 Å². The average molecular weight is 317 g/mol. The Kier molecular flexibility index (Phi) is 3.31. The third-order valence-corrected chi connectivity index (χ3v) is 4.89. The molecule has 1 amide bonds. The van der Waals surface area contributed by atoms with Gasteiger partial charge < -0.3 is 9.32 Å². The zero-order valence-electron chi connectivity index (χ0n) is 14.0. The van der Waals surface area contributed by atoms with Crippen molar-refractivity contribution in [3.05, 3.63) is 82.8 Å². The zero-order valence-corrected chi connectivity index (χ0v) is 14.0. The van der Waals surface area contributed by atoms with Crippen LogP contribution in [-0.2, 0) is 0 Å². The normalized spacial score (nSPS) is 12.8. The third kappa shape index (κ3) is 2.08. The molecule has 0 saturated carbocycles. The van der Waals surface area contributed by atoms with Gasteiger partial charge in [0.25, 0.3) is 5.91 Å². The van der Waals surface area contributed by atoms with Crippen LogP contribution in [0.1, 0.15) is 39.0 Å². The third-order valence-electron chi connectivity index (χ3n) is 4.89. The molecule has 1 aromatic heterocycles. The van der Waals surface area contributed by atoms with Crippen molar-refractivity contribution in [1.82, 2.24) is 4.90 Å². The fourth-order valence-electron chi connectivity index (χ4n) is 3.52. The lowest BCUT2D eigenvalue weighted by Gasteiger charge is -2.25. The monoisotopic (exact) mass is 317 g/mol. The second kappa shape index (κ2) is 5.38. The summed E-state index contributed by atoms with van der Waals surface area (Å²) >= 11 is 0. The molecule has 0 bridgehead atoms. The van der Waals surface area contributed by atoms with Crippen molar-refractivity contribution in [2.75, 3.05) is 7.05 Å². The number of rotatable bonds is 2. The maximum Gasteiger partial charge on any atom is 0.290 e. The van der Waals surface area contributed by atoms with Crippen LogP contribution in [0.3, 0.4) is 0 Å². The minimum absolute atomic E-state index is 0.0874. The lowest BCUT2D eigenvalue weighted by Crippen LogP contribution is -2.30. The summed E-state index contributed by atoms with van der Waals surface area (Å²) in [6.45, 7) is 3.84. The molecule has 3 nitrogen and oxygen atoms in total. The number of fused-ring (bicyclic) bond motifs is 3. The molecule has 4 rings (SSSR count). The van der Waals surface area contributed by atoms with Crippen molar-refractivity contribution in [3.8, 4) is 11.1 Å². The molecule has 3 heteroatoms. The molecule has 0 atom stereocenters. The van der Waals surface area contributed by atoms with E-state index in [1.165, 1.54) is 11.1 Å². The van der Waals surface area contributed by atoms with Gasteiger partial charge in [-0.25, -0.2) is 0 Å². The first-order chi connectivity index (χ1) is 11.6. The van der Waals surface area contributed by atoms with Crippen molar-refractivity contribution in [2.24, 2.45) is 0 Å². The van der Waals surface area contributed by atoms with Gasteiger partial charge in [0.05, 0.1) is 6.04 Å². The second-order valence-corrected chi connectivity index (χ2v) is 6.34. The smallest absolute Gasteiger partial charge is 0.290 e. The summed E-state index contributed by atoms with van der Waals surface area (Å²) < 4.78 is 5.64. The molecule has 0 saturated heterocycles. The number of carbonyl (C=O) groups is 1. The highest BCUT2D eigenvalue weighted by molar-refractivity contribution is 5.93. The first-order valence-electron chi connectivity index (χ1n) is 8.10. The van der Waals surface area contributed by atoms with E-state index in [0.29, 0.717) is 5.76 Å². The van der Waals surface area contributed by atoms with E-state index in [1.807, 2.05) is 51.2 Å². The summed E-state index contributed by atoms with van der Waals surface area (Å²) in [5.41, 5.74) is 5.72. The lowest BCUT2D eigenvalue weighted by atomic mass is 10.0. The summed E-state index contributed by atoms with van der Waals surface area (Å²) in [6.07, 6.45) is 0. The van der Waals surface area contributed by atoms with E-state index in [-0.39, 0.29) is 11.9 Å². The summed E-state index contributed by atoms with van der Waals surface area (Å²) in [4.78, 5) is 14.7. The van der Waals surface area contributed by atoms with E-state index in [2.05, 4.69) is 24.3 Å². The predicted molar refractivity (Wildman–Crippen MR) is 94.0 cm³/mol. The van der Waals surface area contributed by atoms with Crippen LogP contribution in [-0.4, -0.2) is 17.9 Å². The van der Waals surface area contributed by atoms with E-state index in [1.54, 1.807) is 4.90 Å². The molecule has 0 fully saturated rings. The SMILES string of the molecule is Cc1cc(C(=O)N(C)C2c3ccccc3-c3ccccc32)oc1C. The van der Waals surface area contributed by atoms with Gasteiger partial charge in [0.2, 0.25) is 0 Å². The molecule has 0 N–H and O–H groups in total. The number of hydrogen-bond acceptors (Lipinski definition) is 2. The standard InChI is InChI=1S/C21H19NO2/c1-13-12-19(24-14(13)2)21(23)22(3)20-17-10-6-4-8-15(17)16-9-5-7-11-18(16)20/h4-12,20H,1-3H3. The Balaban J connectivity index is 1.79. The Morgan fingerprint density at radius 1 is 0.958 bits per heavy atom. The van der Waals surface area contributed by atoms with Crippen molar-refractivity contribution in [3.63, 3.8) is 0 Å². The maximum atomic E-state index is 12.9. The first-order valence-corrected chi connectivity index (χ1v) is 8.10. The predicted octanol–water partition coefficient (Wildman–Crippen LogP) is 4.74. The molecular formula is C21H19NO2. The largest absolute Gasteiger partial charge is 0.456 e. The molecular weight excluding hydrogens is 298 g/mol. The summed E-state index contributed by atoms with van der Waals surface area (Å²) in [5, 5.41) is 0. The van der Waals surface area contributed by atoms with Crippen LogP contribution in [0.5, 0.6) is 0 Å².